The lowest BCUT2D eigenvalue weighted by molar-refractivity contribution is 1.06. The van der Waals surface area contributed by atoms with E-state index in [-0.39, 0.29) is 0 Å². The highest BCUT2D eigenvalue weighted by Crippen LogP contribution is 1.93. The van der Waals surface area contributed by atoms with Gasteiger partial charge < -0.3 is 0 Å². The smallest absolute Gasteiger partial charge is 0.0625 e. The molecule has 0 amide bonds. The topological polar surface area (TPSA) is 23.8 Å². The average Bonchev–Trinajstić information content (AvgIpc) is 2.02. The molecule has 0 saturated heterocycles. The maximum Gasteiger partial charge on any atom is 0.0625 e. The summed E-state index contributed by atoms with van der Waals surface area (Å²) in [5, 5.41) is 8.13. The van der Waals surface area contributed by atoms with Gasteiger partial charge in [-0.25, -0.2) is 0 Å². The number of hydrogen-bond donors (Lipinski definition) is 0. The summed E-state index contributed by atoms with van der Waals surface area (Å²) in [6.07, 6.45) is 5.33. The predicted molar refractivity (Wildman–Crippen MR) is 50.1 cm³/mol. The van der Waals surface area contributed by atoms with Crippen LogP contribution in [0.4, 0.5) is 0 Å². The van der Waals surface area contributed by atoms with Crippen LogP contribution < -0.4 is 0 Å². The van der Waals surface area contributed by atoms with E-state index >= 15 is 0 Å². The highest BCUT2D eigenvalue weighted by Gasteiger charge is 1.76. The van der Waals surface area contributed by atoms with E-state index in [1.165, 1.54) is 0 Å². The van der Waals surface area contributed by atoms with E-state index in [9.17, 15) is 0 Å². The average molecular weight is 151 g/mol. The number of hydrogen-bond acceptors (Lipinski definition) is 1. The number of rotatable bonds is 3. The zero-order chi connectivity index (χ0) is 9.11. The van der Waals surface area contributed by atoms with Crippen LogP contribution in [0.5, 0.6) is 0 Å². The summed E-state index contributed by atoms with van der Waals surface area (Å²) in [5.41, 5.74) is 1.04. The summed E-state index contributed by atoms with van der Waals surface area (Å²) in [6.45, 7) is 9.62. The maximum atomic E-state index is 8.13. The summed E-state index contributed by atoms with van der Waals surface area (Å²) < 4.78 is 0. The van der Waals surface area contributed by atoms with E-state index in [0.717, 1.165) is 12.0 Å². The first kappa shape index (κ1) is 12.6. The second-order valence-corrected chi connectivity index (χ2v) is 1.95. The molecule has 0 saturated carbocycles. The molecule has 1 nitrogen and oxygen atoms in total. The van der Waals surface area contributed by atoms with Crippen LogP contribution >= 0.6 is 0 Å². The monoisotopic (exact) mass is 151 g/mol. The summed E-state index contributed by atoms with van der Waals surface area (Å²) in [6, 6.07) is 2.06. The predicted octanol–water partition coefficient (Wildman–Crippen LogP) is 3.45. The second-order valence-electron chi connectivity index (χ2n) is 1.95. The van der Waals surface area contributed by atoms with E-state index in [2.05, 4.69) is 12.6 Å². The first-order chi connectivity index (χ1) is 5.27. The largest absolute Gasteiger partial charge is 0.198 e. The summed E-state index contributed by atoms with van der Waals surface area (Å²) >= 11 is 0. The highest BCUT2D eigenvalue weighted by atomic mass is 14.2. The highest BCUT2D eigenvalue weighted by molar-refractivity contribution is 5.10. The Balaban J connectivity index is 0. The van der Waals surface area contributed by atoms with Crippen molar-refractivity contribution in [3.63, 3.8) is 0 Å². The standard InChI is InChI=1S/C8H11N.C2H6/c1-8(2)6-4-3-5-7-9;1-2/h4,6H,1,3,5H2,2H3;1-2H3. The van der Waals surface area contributed by atoms with Crippen LogP contribution in [0.15, 0.2) is 24.3 Å². The van der Waals surface area contributed by atoms with Crippen LogP contribution in [0.25, 0.3) is 0 Å². The molecule has 62 valence electrons. The van der Waals surface area contributed by atoms with Crippen molar-refractivity contribution in [2.45, 2.75) is 33.6 Å². The van der Waals surface area contributed by atoms with Crippen LogP contribution in [0.2, 0.25) is 0 Å². The molecule has 0 bridgehead atoms. The van der Waals surface area contributed by atoms with Crippen LogP contribution in [-0.2, 0) is 0 Å². The van der Waals surface area contributed by atoms with Gasteiger partial charge in [0.1, 0.15) is 0 Å². The Kier molecular flexibility index (Phi) is 13.5. The van der Waals surface area contributed by atoms with Crippen LogP contribution in [0, 0.1) is 11.3 Å². The van der Waals surface area contributed by atoms with Gasteiger partial charge in [-0.2, -0.15) is 5.26 Å². The molecule has 0 rings (SSSR count). The number of nitriles is 1. The van der Waals surface area contributed by atoms with Gasteiger partial charge in [0.2, 0.25) is 0 Å². The molecular weight excluding hydrogens is 134 g/mol. The molecule has 0 aromatic carbocycles. The first-order valence-corrected chi connectivity index (χ1v) is 3.96. The minimum absolute atomic E-state index is 0.601. The van der Waals surface area contributed by atoms with Gasteiger partial charge in [-0.3, -0.25) is 0 Å². The summed E-state index contributed by atoms with van der Waals surface area (Å²) in [7, 11) is 0. The molecule has 0 heterocycles. The molecule has 0 aromatic heterocycles. The molecule has 0 aliphatic rings. The first-order valence-electron chi connectivity index (χ1n) is 3.96. The quantitative estimate of drug-likeness (QED) is 0.447. The van der Waals surface area contributed by atoms with Crippen molar-refractivity contribution in [3.05, 3.63) is 24.3 Å². The molecule has 0 fully saturated rings. The number of nitrogens with zero attached hydrogens (tertiary/aromatic N) is 1. The molecule has 0 unspecified atom stereocenters. The second kappa shape index (κ2) is 11.7. The van der Waals surface area contributed by atoms with Crippen molar-refractivity contribution >= 4 is 0 Å². The fourth-order valence-corrected chi connectivity index (χ4v) is 0.432. The molecule has 0 N–H and O–H groups in total. The minimum Gasteiger partial charge on any atom is -0.198 e. The van der Waals surface area contributed by atoms with E-state index < -0.39 is 0 Å². The third kappa shape index (κ3) is 17.6. The molecule has 1 heteroatoms. The van der Waals surface area contributed by atoms with Gasteiger partial charge in [-0.15, -0.1) is 0 Å². The number of allylic oxidation sites excluding steroid dienone is 3. The molecule has 0 radical (unpaired) electrons. The van der Waals surface area contributed by atoms with Gasteiger partial charge in [0.15, 0.2) is 0 Å². The minimum atomic E-state index is 0.601. The van der Waals surface area contributed by atoms with Gasteiger partial charge in [0, 0.05) is 6.42 Å². The van der Waals surface area contributed by atoms with Crippen LogP contribution in [0.3, 0.4) is 0 Å². The SMILES string of the molecule is C=C(C)C=CCCC#N.CC. The molecule has 0 aromatic rings. The fourth-order valence-electron chi connectivity index (χ4n) is 0.432. The number of unbranched alkanes of at least 4 members (excludes halogenated alkanes) is 1. The van der Waals surface area contributed by atoms with Crippen LogP contribution in [0.1, 0.15) is 33.6 Å². The van der Waals surface area contributed by atoms with Crippen molar-refractivity contribution in [1.82, 2.24) is 0 Å². The van der Waals surface area contributed by atoms with Crippen molar-refractivity contribution < 1.29 is 0 Å². The van der Waals surface area contributed by atoms with Gasteiger partial charge >= 0.3 is 0 Å². The Bertz CT molecular complexity index is 149. The third-order valence-electron chi connectivity index (χ3n) is 0.825. The van der Waals surface area contributed by atoms with E-state index in [1.54, 1.807) is 0 Å². The molecule has 0 aliphatic heterocycles. The summed E-state index contributed by atoms with van der Waals surface area (Å²) in [4.78, 5) is 0. The fraction of sp³-hybridized carbons (Fsp3) is 0.500. The molecule has 11 heavy (non-hydrogen) atoms. The van der Waals surface area contributed by atoms with Crippen LogP contribution in [-0.4, -0.2) is 0 Å². The Morgan fingerprint density at radius 3 is 2.45 bits per heavy atom. The lowest BCUT2D eigenvalue weighted by Gasteiger charge is -1.82. The molecule has 0 atom stereocenters. The van der Waals surface area contributed by atoms with Crippen molar-refractivity contribution in [2.75, 3.05) is 0 Å². The Morgan fingerprint density at radius 1 is 1.55 bits per heavy atom. The van der Waals surface area contributed by atoms with E-state index in [4.69, 9.17) is 5.26 Å². The Hall–Kier alpha value is -1.03. The van der Waals surface area contributed by atoms with Crippen molar-refractivity contribution in [2.24, 2.45) is 0 Å². The molecule has 0 spiro atoms. The lowest BCUT2D eigenvalue weighted by Crippen LogP contribution is -1.64. The van der Waals surface area contributed by atoms with Crippen molar-refractivity contribution in [1.29, 1.82) is 5.26 Å². The normalized spacial score (nSPS) is 8.18. The zero-order valence-corrected chi connectivity index (χ0v) is 7.72. The zero-order valence-electron chi connectivity index (χ0n) is 7.72. The van der Waals surface area contributed by atoms with Gasteiger partial charge in [-0.1, -0.05) is 38.2 Å². The van der Waals surface area contributed by atoms with E-state index in [1.807, 2.05) is 32.9 Å². The summed E-state index contributed by atoms with van der Waals surface area (Å²) in [5.74, 6) is 0. The van der Waals surface area contributed by atoms with Crippen molar-refractivity contribution in [3.8, 4) is 6.07 Å². The van der Waals surface area contributed by atoms with E-state index in [0.29, 0.717) is 6.42 Å². The third-order valence-corrected chi connectivity index (χ3v) is 0.825. The Labute approximate surface area is 70.0 Å². The lowest BCUT2D eigenvalue weighted by atomic mass is 10.2. The molecular formula is C10H17N. The Morgan fingerprint density at radius 2 is 2.09 bits per heavy atom. The molecule has 0 aliphatic carbocycles. The maximum absolute atomic E-state index is 8.13. The van der Waals surface area contributed by atoms with Gasteiger partial charge in [-0.05, 0) is 13.3 Å². The van der Waals surface area contributed by atoms with Gasteiger partial charge in [0.25, 0.3) is 0 Å². The van der Waals surface area contributed by atoms with Gasteiger partial charge in [0.05, 0.1) is 6.07 Å².